The first-order valence-electron chi connectivity index (χ1n) is 6.79. The summed E-state index contributed by atoms with van der Waals surface area (Å²) in [6.45, 7) is -0.115. The number of hydrogen-bond donors (Lipinski definition) is 1. The van der Waals surface area contributed by atoms with Crippen molar-refractivity contribution in [2.45, 2.75) is 31.2 Å². The SMILES string of the molecule is CN(C(=O)CN)[C@]1(c2ccccc2Cl)CCCCC1=O. The molecule has 1 atom stereocenters. The quantitative estimate of drug-likeness (QED) is 0.928. The monoisotopic (exact) mass is 294 g/mol. The Bertz CT molecular complexity index is 532. The van der Waals surface area contributed by atoms with E-state index >= 15 is 0 Å². The molecule has 1 aromatic carbocycles. The Morgan fingerprint density at radius 2 is 2.10 bits per heavy atom. The van der Waals surface area contributed by atoms with Gasteiger partial charge in [0.25, 0.3) is 0 Å². The van der Waals surface area contributed by atoms with E-state index in [0.717, 1.165) is 12.8 Å². The van der Waals surface area contributed by atoms with Crippen molar-refractivity contribution < 1.29 is 9.59 Å². The Morgan fingerprint density at radius 1 is 1.40 bits per heavy atom. The molecule has 0 heterocycles. The third kappa shape index (κ3) is 2.34. The molecule has 0 spiro atoms. The lowest BCUT2D eigenvalue weighted by molar-refractivity contribution is -0.147. The van der Waals surface area contributed by atoms with Crippen molar-refractivity contribution in [1.29, 1.82) is 0 Å². The van der Waals surface area contributed by atoms with Crippen molar-refractivity contribution in [3.63, 3.8) is 0 Å². The lowest BCUT2D eigenvalue weighted by Crippen LogP contribution is -2.55. The van der Waals surface area contributed by atoms with Crippen molar-refractivity contribution in [2.24, 2.45) is 5.73 Å². The molecule has 1 fully saturated rings. The van der Waals surface area contributed by atoms with Crippen LogP contribution in [0.2, 0.25) is 5.02 Å². The van der Waals surface area contributed by atoms with Crippen LogP contribution in [0.3, 0.4) is 0 Å². The van der Waals surface area contributed by atoms with Gasteiger partial charge in [-0.25, -0.2) is 0 Å². The third-order valence-electron chi connectivity index (χ3n) is 4.09. The fourth-order valence-electron chi connectivity index (χ4n) is 2.98. The molecule has 1 aliphatic carbocycles. The Morgan fingerprint density at radius 3 is 2.70 bits per heavy atom. The van der Waals surface area contributed by atoms with Crippen LogP contribution in [0.4, 0.5) is 0 Å². The normalized spacial score (nSPS) is 22.6. The summed E-state index contributed by atoms with van der Waals surface area (Å²) in [5.41, 5.74) is 5.20. The zero-order valence-electron chi connectivity index (χ0n) is 11.6. The Labute approximate surface area is 123 Å². The molecule has 0 saturated heterocycles. The van der Waals surface area contributed by atoms with Crippen LogP contribution >= 0.6 is 11.6 Å². The largest absolute Gasteiger partial charge is 0.328 e. The van der Waals surface area contributed by atoms with Gasteiger partial charge in [0.15, 0.2) is 5.78 Å². The number of nitrogens with zero attached hydrogens (tertiary/aromatic N) is 1. The van der Waals surface area contributed by atoms with Crippen LogP contribution in [-0.4, -0.2) is 30.2 Å². The molecule has 5 heteroatoms. The molecule has 108 valence electrons. The summed E-state index contributed by atoms with van der Waals surface area (Å²) >= 11 is 6.28. The Hall–Kier alpha value is -1.39. The van der Waals surface area contributed by atoms with Crippen LogP contribution in [0, 0.1) is 0 Å². The highest BCUT2D eigenvalue weighted by Crippen LogP contribution is 2.42. The number of likely N-dealkylation sites (N-methyl/N-ethyl adjacent to an activating group) is 1. The molecule has 4 nitrogen and oxygen atoms in total. The lowest BCUT2D eigenvalue weighted by atomic mass is 9.74. The molecular weight excluding hydrogens is 276 g/mol. The summed E-state index contributed by atoms with van der Waals surface area (Å²) in [5, 5.41) is 0.513. The van der Waals surface area contributed by atoms with Crippen LogP contribution in [0.1, 0.15) is 31.2 Å². The predicted molar refractivity (Wildman–Crippen MR) is 78.4 cm³/mol. The zero-order chi connectivity index (χ0) is 14.8. The fourth-order valence-corrected chi connectivity index (χ4v) is 3.27. The molecule has 0 unspecified atom stereocenters. The van der Waals surface area contributed by atoms with Crippen LogP contribution < -0.4 is 5.73 Å². The molecule has 2 N–H and O–H groups in total. The van der Waals surface area contributed by atoms with E-state index in [0.29, 0.717) is 23.4 Å². The maximum atomic E-state index is 12.6. The molecular formula is C15H19ClN2O2. The molecule has 1 saturated carbocycles. The number of rotatable bonds is 3. The second-order valence-corrected chi connectivity index (χ2v) is 5.53. The standard InChI is InChI=1S/C15H19ClN2O2/c1-18(14(20)10-17)15(9-5-4-8-13(15)19)11-6-2-3-7-12(11)16/h2-3,6-7H,4-5,8-10,17H2,1H3/t15-/m0/s1. The van der Waals surface area contributed by atoms with Crippen LogP contribution in [0.25, 0.3) is 0 Å². The van der Waals surface area contributed by atoms with Gasteiger partial charge in [0, 0.05) is 24.1 Å². The third-order valence-corrected chi connectivity index (χ3v) is 4.42. The predicted octanol–water partition coefficient (Wildman–Crippen LogP) is 2.10. The summed E-state index contributed by atoms with van der Waals surface area (Å²) in [6.07, 6.45) is 2.81. The highest BCUT2D eigenvalue weighted by atomic mass is 35.5. The van der Waals surface area contributed by atoms with E-state index in [2.05, 4.69) is 0 Å². The lowest BCUT2D eigenvalue weighted by Gasteiger charge is -2.43. The highest BCUT2D eigenvalue weighted by Gasteiger charge is 2.47. The molecule has 20 heavy (non-hydrogen) atoms. The average molecular weight is 295 g/mol. The van der Waals surface area contributed by atoms with Gasteiger partial charge in [0.05, 0.1) is 6.54 Å². The number of nitrogens with two attached hydrogens (primary N) is 1. The molecule has 0 aliphatic heterocycles. The summed E-state index contributed by atoms with van der Waals surface area (Å²) in [5.74, 6) is -0.207. The minimum atomic E-state index is -0.965. The topological polar surface area (TPSA) is 63.4 Å². The second-order valence-electron chi connectivity index (χ2n) is 5.13. The van der Waals surface area contributed by atoms with Crippen molar-refractivity contribution >= 4 is 23.3 Å². The maximum absolute atomic E-state index is 12.6. The van der Waals surface area contributed by atoms with E-state index in [1.54, 1.807) is 13.1 Å². The first-order valence-corrected chi connectivity index (χ1v) is 7.17. The number of benzene rings is 1. The van der Waals surface area contributed by atoms with Crippen LogP contribution in [0.15, 0.2) is 24.3 Å². The molecule has 2 rings (SSSR count). The van der Waals surface area contributed by atoms with Gasteiger partial charge in [0.2, 0.25) is 5.91 Å². The molecule has 0 radical (unpaired) electrons. The van der Waals surface area contributed by atoms with E-state index in [4.69, 9.17) is 17.3 Å². The van der Waals surface area contributed by atoms with E-state index < -0.39 is 5.54 Å². The first kappa shape index (κ1) is 15.0. The molecule has 1 amide bonds. The average Bonchev–Trinajstić information content (AvgIpc) is 2.47. The van der Waals surface area contributed by atoms with Crippen molar-refractivity contribution in [1.82, 2.24) is 4.90 Å². The van der Waals surface area contributed by atoms with Gasteiger partial charge in [-0.2, -0.15) is 0 Å². The molecule has 0 aromatic heterocycles. The van der Waals surface area contributed by atoms with E-state index in [1.807, 2.05) is 18.2 Å². The smallest absolute Gasteiger partial charge is 0.237 e. The van der Waals surface area contributed by atoms with Gasteiger partial charge in [-0.15, -0.1) is 0 Å². The highest BCUT2D eigenvalue weighted by molar-refractivity contribution is 6.31. The van der Waals surface area contributed by atoms with E-state index in [1.165, 1.54) is 4.90 Å². The molecule has 1 aromatic rings. The number of halogens is 1. The van der Waals surface area contributed by atoms with E-state index in [-0.39, 0.29) is 18.2 Å². The minimum absolute atomic E-state index is 0.0427. The zero-order valence-corrected chi connectivity index (χ0v) is 12.3. The first-order chi connectivity index (χ1) is 9.54. The van der Waals surface area contributed by atoms with Gasteiger partial charge in [0.1, 0.15) is 5.54 Å². The summed E-state index contributed by atoms with van der Waals surface area (Å²) in [4.78, 5) is 26.2. The molecule has 0 bridgehead atoms. The van der Waals surface area contributed by atoms with Gasteiger partial charge >= 0.3 is 0 Å². The Balaban J connectivity index is 2.58. The van der Waals surface area contributed by atoms with Crippen LogP contribution in [-0.2, 0) is 15.1 Å². The minimum Gasteiger partial charge on any atom is -0.328 e. The van der Waals surface area contributed by atoms with Gasteiger partial charge < -0.3 is 10.6 Å². The van der Waals surface area contributed by atoms with Gasteiger partial charge in [-0.05, 0) is 25.3 Å². The van der Waals surface area contributed by atoms with Gasteiger partial charge in [-0.3, -0.25) is 9.59 Å². The second kappa shape index (κ2) is 5.94. The number of Topliss-reactive ketones (excluding diaryl/α,β-unsaturated/α-hetero) is 1. The number of ketones is 1. The fraction of sp³-hybridized carbons (Fsp3) is 0.467. The number of amides is 1. The van der Waals surface area contributed by atoms with Crippen molar-refractivity contribution in [3.05, 3.63) is 34.9 Å². The van der Waals surface area contributed by atoms with E-state index in [9.17, 15) is 9.59 Å². The summed E-state index contributed by atoms with van der Waals surface area (Å²) < 4.78 is 0. The number of carbonyl (C=O) groups is 2. The summed E-state index contributed by atoms with van der Waals surface area (Å²) in [7, 11) is 1.64. The number of carbonyl (C=O) groups excluding carboxylic acids is 2. The maximum Gasteiger partial charge on any atom is 0.237 e. The van der Waals surface area contributed by atoms with Crippen LogP contribution in [0.5, 0.6) is 0 Å². The van der Waals surface area contributed by atoms with Gasteiger partial charge in [-0.1, -0.05) is 29.8 Å². The Kier molecular flexibility index (Phi) is 4.45. The summed E-state index contributed by atoms with van der Waals surface area (Å²) in [6, 6.07) is 7.23. The number of hydrogen-bond acceptors (Lipinski definition) is 3. The van der Waals surface area contributed by atoms with Crippen molar-refractivity contribution in [3.8, 4) is 0 Å². The van der Waals surface area contributed by atoms with Crippen molar-refractivity contribution in [2.75, 3.05) is 13.6 Å². The molecule has 1 aliphatic rings.